The topological polar surface area (TPSA) is 97.0 Å². The predicted octanol–water partition coefficient (Wildman–Crippen LogP) is 3.13. The lowest BCUT2D eigenvalue weighted by Crippen LogP contribution is -2.27. The van der Waals surface area contributed by atoms with Gasteiger partial charge in [-0.15, -0.1) is 5.10 Å². The molecule has 0 aliphatic heterocycles. The van der Waals surface area contributed by atoms with Crippen molar-refractivity contribution in [2.75, 3.05) is 5.75 Å². The molecular formula is C16H16N4O3S. The van der Waals surface area contributed by atoms with Crippen molar-refractivity contribution in [3.8, 4) is 0 Å². The van der Waals surface area contributed by atoms with Crippen molar-refractivity contribution in [3.05, 3.63) is 54.1 Å². The van der Waals surface area contributed by atoms with Gasteiger partial charge < -0.3 is 14.2 Å². The molecule has 0 saturated heterocycles. The summed E-state index contributed by atoms with van der Waals surface area (Å²) in [7, 11) is 0. The van der Waals surface area contributed by atoms with Crippen LogP contribution in [0.3, 0.4) is 0 Å². The van der Waals surface area contributed by atoms with Gasteiger partial charge in [0.1, 0.15) is 17.3 Å². The summed E-state index contributed by atoms with van der Waals surface area (Å²) in [5.41, 5.74) is 0. The summed E-state index contributed by atoms with van der Waals surface area (Å²) in [5, 5.41) is 10.2. The predicted molar refractivity (Wildman–Crippen MR) is 90.0 cm³/mol. The van der Waals surface area contributed by atoms with Crippen molar-refractivity contribution in [2.24, 2.45) is 0 Å². The van der Waals surface area contributed by atoms with E-state index in [4.69, 9.17) is 8.83 Å². The largest absolute Gasteiger partial charge is 0.467 e. The number of nitrogens with one attached hydrogen (secondary N) is 2. The molecule has 0 saturated carbocycles. The smallest absolute Gasteiger partial charge is 0.231 e. The fourth-order valence-corrected chi connectivity index (χ4v) is 2.58. The molecule has 0 radical (unpaired) electrons. The second-order valence-electron chi connectivity index (χ2n) is 4.95. The molecule has 124 valence electrons. The van der Waals surface area contributed by atoms with Crippen LogP contribution in [0.2, 0.25) is 0 Å². The van der Waals surface area contributed by atoms with Crippen LogP contribution >= 0.6 is 11.8 Å². The van der Waals surface area contributed by atoms with Gasteiger partial charge in [-0.05, 0) is 43.3 Å². The molecule has 0 spiro atoms. The summed E-state index contributed by atoms with van der Waals surface area (Å²) in [4.78, 5) is 16.2. The molecule has 1 amide bonds. The number of carbonyl (C=O) groups is 1. The maximum Gasteiger partial charge on any atom is 0.231 e. The molecule has 0 aliphatic rings. The molecule has 3 aromatic rings. The van der Waals surface area contributed by atoms with Crippen molar-refractivity contribution in [2.45, 2.75) is 18.1 Å². The minimum atomic E-state index is -0.174. The average Bonchev–Trinajstić information content (AvgIpc) is 3.33. The van der Waals surface area contributed by atoms with E-state index in [2.05, 4.69) is 20.5 Å². The van der Waals surface area contributed by atoms with Crippen LogP contribution in [0.15, 0.2) is 50.8 Å². The van der Waals surface area contributed by atoms with Gasteiger partial charge in [0.25, 0.3) is 0 Å². The van der Waals surface area contributed by atoms with E-state index in [0.29, 0.717) is 11.0 Å². The third kappa shape index (κ3) is 4.39. The molecule has 1 unspecified atom stereocenters. The van der Waals surface area contributed by atoms with Crippen LogP contribution in [0.4, 0.5) is 0 Å². The first kappa shape index (κ1) is 16.1. The average molecular weight is 344 g/mol. The third-order valence-electron chi connectivity index (χ3n) is 3.11. The second-order valence-corrected chi connectivity index (χ2v) is 5.89. The quantitative estimate of drug-likeness (QED) is 0.639. The highest BCUT2D eigenvalue weighted by Crippen LogP contribution is 2.15. The first-order valence-corrected chi connectivity index (χ1v) is 8.29. The Morgan fingerprint density at radius 3 is 2.92 bits per heavy atom. The molecule has 0 aliphatic carbocycles. The minimum absolute atomic E-state index is 0.110. The van der Waals surface area contributed by atoms with Gasteiger partial charge in [-0.3, -0.25) is 9.89 Å². The van der Waals surface area contributed by atoms with E-state index in [-0.39, 0.29) is 17.7 Å². The molecule has 1 atom stereocenters. The summed E-state index contributed by atoms with van der Waals surface area (Å²) in [6.45, 7) is 1.87. The minimum Gasteiger partial charge on any atom is -0.467 e. The molecule has 3 heterocycles. The standard InChI is InChI=1S/C16H16N4O3S/c1-11(13-5-3-9-23-13)17-15(21)10-24-16-18-14(19-20-16)7-6-12-4-2-8-22-12/h2-9,11H,10H2,1H3,(H,17,21)(H,18,19,20)/b7-6+. The van der Waals surface area contributed by atoms with Crippen LogP contribution in [0, 0.1) is 0 Å². The number of H-pyrrole nitrogens is 1. The van der Waals surface area contributed by atoms with Crippen LogP contribution in [0.1, 0.15) is 30.3 Å². The lowest BCUT2D eigenvalue weighted by Gasteiger charge is -2.10. The van der Waals surface area contributed by atoms with Gasteiger partial charge >= 0.3 is 0 Å². The molecule has 0 bridgehead atoms. The molecule has 3 rings (SSSR count). The SMILES string of the molecule is CC(NC(=O)CSc1n[nH]c(/C=C/c2ccco2)n1)c1ccco1. The Hall–Kier alpha value is -2.74. The number of hydrogen-bond acceptors (Lipinski definition) is 6. The first-order chi connectivity index (χ1) is 11.7. The summed E-state index contributed by atoms with van der Waals surface area (Å²) < 4.78 is 10.4. The van der Waals surface area contributed by atoms with Crippen LogP contribution in [0.25, 0.3) is 12.2 Å². The van der Waals surface area contributed by atoms with Crippen LogP contribution in [-0.4, -0.2) is 26.8 Å². The Labute approximate surface area is 142 Å². The van der Waals surface area contributed by atoms with Gasteiger partial charge in [0, 0.05) is 0 Å². The molecular weight excluding hydrogens is 328 g/mol. The fourth-order valence-electron chi connectivity index (χ4n) is 1.97. The monoisotopic (exact) mass is 344 g/mol. The Kier molecular flexibility index (Phi) is 5.17. The number of hydrogen-bond donors (Lipinski definition) is 2. The van der Waals surface area contributed by atoms with E-state index in [1.54, 1.807) is 30.7 Å². The maximum absolute atomic E-state index is 11.9. The van der Waals surface area contributed by atoms with Crippen LogP contribution in [0.5, 0.6) is 0 Å². The second kappa shape index (κ2) is 7.69. The third-order valence-corrected chi connectivity index (χ3v) is 3.96. The van der Waals surface area contributed by atoms with E-state index >= 15 is 0 Å². The maximum atomic E-state index is 11.9. The molecule has 0 fully saturated rings. The number of aromatic nitrogens is 3. The first-order valence-electron chi connectivity index (χ1n) is 7.30. The van der Waals surface area contributed by atoms with Crippen molar-refractivity contribution in [1.82, 2.24) is 20.5 Å². The van der Waals surface area contributed by atoms with E-state index in [9.17, 15) is 4.79 Å². The molecule has 7 nitrogen and oxygen atoms in total. The summed E-state index contributed by atoms with van der Waals surface area (Å²) >= 11 is 1.26. The Morgan fingerprint density at radius 2 is 2.17 bits per heavy atom. The molecule has 24 heavy (non-hydrogen) atoms. The van der Waals surface area contributed by atoms with Crippen molar-refractivity contribution in [3.63, 3.8) is 0 Å². The van der Waals surface area contributed by atoms with Crippen molar-refractivity contribution in [1.29, 1.82) is 0 Å². The Morgan fingerprint density at radius 1 is 1.33 bits per heavy atom. The highest BCUT2D eigenvalue weighted by molar-refractivity contribution is 7.99. The number of rotatable bonds is 7. The summed E-state index contributed by atoms with van der Waals surface area (Å²) in [5.74, 6) is 2.16. The van der Waals surface area contributed by atoms with E-state index in [1.807, 2.05) is 25.1 Å². The van der Waals surface area contributed by atoms with E-state index < -0.39 is 0 Å². The fraction of sp³-hybridized carbons (Fsp3) is 0.188. The number of furan rings is 2. The molecule has 2 N–H and O–H groups in total. The molecule has 3 aromatic heterocycles. The zero-order chi connectivity index (χ0) is 16.8. The summed E-state index contributed by atoms with van der Waals surface area (Å²) in [6, 6.07) is 7.09. The van der Waals surface area contributed by atoms with Crippen molar-refractivity contribution >= 4 is 29.8 Å². The van der Waals surface area contributed by atoms with Gasteiger partial charge in [-0.25, -0.2) is 4.98 Å². The number of aromatic amines is 1. The lowest BCUT2D eigenvalue weighted by atomic mass is 10.2. The van der Waals surface area contributed by atoms with Gasteiger partial charge in [-0.2, -0.15) is 0 Å². The number of nitrogens with zero attached hydrogens (tertiary/aromatic N) is 2. The number of amides is 1. The summed E-state index contributed by atoms with van der Waals surface area (Å²) in [6.07, 6.45) is 6.73. The van der Waals surface area contributed by atoms with Gasteiger partial charge in [0.05, 0.1) is 24.3 Å². The lowest BCUT2D eigenvalue weighted by molar-refractivity contribution is -0.119. The number of carbonyl (C=O) groups excluding carboxylic acids is 1. The zero-order valence-corrected chi connectivity index (χ0v) is 13.7. The van der Waals surface area contributed by atoms with Crippen molar-refractivity contribution < 1.29 is 13.6 Å². The Bertz CT molecular complexity index is 793. The van der Waals surface area contributed by atoms with Gasteiger partial charge in [0.2, 0.25) is 11.1 Å². The highest BCUT2D eigenvalue weighted by atomic mass is 32.2. The normalized spacial score (nSPS) is 12.5. The number of thioether (sulfide) groups is 1. The van der Waals surface area contributed by atoms with Gasteiger partial charge in [0.15, 0.2) is 0 Å². The van der Waals surface area contributed by atoms with Crippen LogP contribution in [-0.2, 0) is 4.79 Å². The molecule has 8 heteroatoms. The Balaban J connectivity index is 1.47. The molecule has 0 aromatic carbocycles. The van der Waals surface area contributed by atoms with E-state index in [1.165, 1.54) is 11.8 Å². The van der Waals surface area contributed by atoms with E-state index in [0.717, 1.165) is 11.5 Å². The van der Waals surface area contributed by atoms with Gasteiger partial charge in [-0.1, -0.05) is 11.8 Å². The highest BCUT2D eigenvalue weighted by Gasteiger charge is 2.13. The zero-order valence-electron chi connectivity index (χ0n) is 12.9. The van der Waals surface area contributed by atoms with Crippen LogP contribution < -0.4 is 5.32 Å².